The maximum Gasteiger partial charge on any atom is 0.324 e. The van der Waals surface area contributed by atoms with Crippen molar-refractivity contribution in [2.24, 2.45) is 0 Å². The van der Waals surface area contributed by atoms with Crippen LogP contribution in [-0.2, 0) is 0 Å². The van der Waals surface area contributed by atoms with E-state index in [2.05, 4.69) is 0 Å². The molecule has 0 atom stereocenters. The van der Waals surface area contributed by atoms with Gasteiger partial charge in [-0.05, 0) is 29.2 Å². The molecule has 0 saturated heterocycles. The second-order valence-corrected chi connectivity index (χ2v) is 4.99. The van der Waals surface area contributed by atoms with Crippen molar-refractivity contribution in [3.63, 3.8) is 0 Å². The minimum Gasteiger partial charge on any atom is -0.288 e. The number of hydrogen-bond acceptors (Lipinski definition) is 5. The molecule has 0 spiro atoms. The summed E-state index contributed by atoms with van der Waals surface area (Å²) in [6.07, 6.45) is 3.02. The molecule has 0 saturated carbocycles. The van der Waals surface area contributed by atoms with Crippen LogP contribution in [0, 0.1) is 10.1 Å². The molecule has 0 aliphatic heterocycles. The number of hydrogen-bond donors (Lipinski definition) is 0. The Labute approximate surface area is 105 Å². The zero-order valence-electron chi connectivity index (χ0n) is 8.53. The molecule has 6 heteroatoms. The van der Waals surface area contributed by atoms with Crippen molar-refractivity contribution in [1.29, 1.82) is 0 Å². The molecule has 17 heavy (non-hydrogen) atoms. The van der Waals surface area contributed by atoms with Gasteiger partial charge in [-0.1, -0.05) is 17.4 Å². The number of thiophene rings is 2. The minimum atomic E-state index is -0.441. The lowest BCUT2D eigenvalue weighted by atomic mass is 10.2. The Morgan fingerprint density at radius 2 is 2.24 bits per heavy atom. The van der Waals surface area contributed by atoms with E-state index in [1.165, 1.54) is 23.5 Å². The van der Waals surface area contributed by atoms with Gasteiger partial charge in [0.25, 0.3) is 0 Å². The van der Waals surface area contributed by atoms with E-state index in [-0.39, 0.29) is 10.8 Å². The quantitative estimate of drug-likeness (QED) is 0.367. The van der Waals surface area contributed by atoms with Crippen LogP contribution in [0.5, 0.6) is 0 Å². The fourth-order valence-corrected chi connectivity index (χ4v) is 2.53. The number of nitrogens with zero attached hydrogens (tertiary/aromatic N) is 1. The van der Waals surface area contributed by atoms with Crippen LogP contribution in [0.2, 0.25) is 0 Å². The Morgan fingerprint density at radius 1 is 1.41 bits per heavy atom. The zero-order valence-corrected chi connectivity index (χ0v) is 10.2. The molecule has 2 heterocycles. The Balaban J connectivity index is 2.10. The fraction of sp³-hybridized carbons (Fsp3) is 0. The van der Waals surface area contributed by atoms with Gasteiger partial charge in [0.2, 0.25) is 0 Å². The van der Waals surface area contributed by atoms with Gasteiger partial charge < -0.3 is 0 Å². The molecule has 0 N–H and O–H groups in total. The van der Waals surface area contributed by atoms with E-state index in [0.29, 0.717) is 10.4 Å². The maximum atomic E-state index is 11.6. The first-order valence-electron chi connectivity index (χ1n) is 4.65. The predicted octanol–water partition coefficient (Wildman–Crippen LogP) is 3.61. The number of rotatable bonds is 4. The first-order chi connectivity index (χ1) is 8.16. The van der Waals surface area contributed by atoms with Crippen molar-refractivity contribution in [2.75, 3.05) is 0 Å². The summed E-state index contributed by atoms with van der Waals surface area (Å²) in [5, 5.41) is 14.0. The van der Waals surface area contributed by atoms with Crippen molar-refractivity contribution in [2.45, 2.75) is 0 Å². The third-order valence-corrected chi connectivity index (χ3v) is 3.76. The first-order valence-corrected chi connectivity index (χ1v) is 6.41. The van der Waals surface area contributed by atoms with E-state index in [0.717, 1.165) is 11.3 Å². The molecule has 0 aromatic carbocycles. The first kappa shape index (κ1) is 11.7. The Kier molecular flexibility index (Phi) is 3.46. The molecule has 0 radical (unpaired) electrons. The zero-order chi connectivity index (χ0) is 12.3. The van der Waals surface area contributed by atoms with Gasteiger partial charge in [-0.2, -0.15) is 0 Å². The van der Waals surface area contributed by atoms with E-state index in [4.69, 9.17) is 0 Å². The Bertz CT molecular complexity index is 569. The van der Waals surface area contributed by atoms with Crippen LogP contribution in [0.3, 0.4) is 0 Å². The molecule has 0 amide bonds. The van der Waals surface area contributed by atoms with Gasteiger partial charge in [-0.3, -0.25) is 14.9 Å². The van der Waals surface area contributed by atoms with Crippen molar-refractivity contribution >= 4 is 39.5 Å². The lowest BCUT2D eigenvalue weighted by Crippen LogP contribution is -1.88. The number of allylic oxidation sites excluding steroid dienone is 1. The summed E-state index contributed by atoms with van der Waals surface area (Å²) in [4.78, 5) is 22.3. The molecule has 4 nitrogen and oxygen atoms in total. The topological polar surface area (TPSA) is 60.2 Å². The highest BCUT2D eigenvalue weighted by Gasteiger charge is 2.08. The van der Waals surface area contributed by atoms with E-state index in [1.54, 1.807) is 23.6 Å². The second kappa shape index (κ2) is 5.03. The van der Waals surface area contributed by atoms with Crippen molar-refractivity contribution in [3.05, 3.63) is 55.6 Å². The summed E-state index contributed by atoms with van der Waals surface area (Å²) in [7, 11) is 0. The van der Waals surface area contributed by atoms with Crippen molar-refractivity contribution in [1.82, 2.24) is 0 Å². The lowest BCUT2D eigenvalue weighted by Gasteiger charge is -1.86. The maximum absolute atomic E-state index is 11.6. The fourth-order valence-electron chi connectivity index (χ4n) is 1.19. The Hall–Kier alpha value is -1.79. The predicted molar refractivity (Wildman–Crippen MR) is 68.7 cm³/mol. The van der Waals surface area contributed by atoms with E-state index in [1.807, 2.05) is 5.38 Å². The van der Waals surface area contributed by atoms with Crippen LogP contribution in [-0.4, -0.2) is 10.7 Å². The molecule has 0 bridgehead atoms. The molecule has 0 aliphatic rings. The summed E-state index contributed by atoms with van der Waals surface area (Å²) in [5.74, 6) is -0.0890. The summed E-state index contributed by atoms with van der Waals surface area (Å²) < 4.78 is 0. The van der Waals surface area contributed by atoms with Crippen LogP contribution >= 0.6 is 22.7 Å². The van der Waals surface area contributed by atoms with Gasteiger partial charge >= 0.3 is 5.00 Å². The van der Waals surface area contributed by atoms with Crippen molar-refractivity contribution < 1.29 is 9.72 Å². The molecule has 0 unspecified atom stereocenters. The molecular weight excluding hydrogens is 258 g/mol. The summed E-state index contributed by atoms with van der Waals surface area (Å²) in [6.45, 7) is 0. The van der Waals surface area contributed by atoms with Crippen LogP contribution in [0.1, 0.15) is 15.2 Å². The number of carbonyl (C=O) groups is 1. The third kappa shape index (κ3) is 2.86. The van der Waals surface area contributed by atoms with E-state index < -0.39 is 4.92 Å². The van der Waals surface area contributed by atoms with Gasteiger partial charge in [0.05, 0.1) is 9.80 Å². The highest BCUT2D eigenvalue weighted by molar-refractivity contribution is 7.13. The smallest absolute Gasteiger partial charge is 0.288 e. The normalized spacial score (nSPS) is 10.8. The molecule has 2 rings (SSSR count). The monoisotopic (exact) mass is 265 g/mol. The van der Waals surface area contributed by atoms with E-state index >= 15 is 0 Å². The number of ketones is 1. The summed E-state index contributed by atoms with van der Waals surface area (Å²) >= 11 is 2.42. The SMILES string of the molecule is O=C(/C=C/c1csc([N+](=O)[O-])c1)c1cccs1. The van der Waals surface area contributed by atoms with Gasteiger partial charge in [-0.15, -0.1) is 11.3 Å². The van der Waals surface area contributed by atoms with Gasteiger partial charge in [-0.25, -0.2) is 0 Å². The molecule has 86 valence electrons. The minimum absolute atomic E-state index is 0.0771. The molecule has 0 aliphatic carbocycles. The Morgan fingerprint density at radius 3 is 2.82 bits per heavy atom. The average Bonchev–Trinajstić information content (AvgIpc) is 2.97. The largest absolute Gasteiger partial charge is 0.324 e. The van der Waals surface area contributed by atoms with Crippen LogP contribution in [0.15, 0.2) is 35.0 Å². The molecule has 0 fully saturated rings. The van der Waals surface area contributed by atoms with E-state index in [9.17, 15) is 14.9 Å². The summed E-state index contributed by atoms with van der Waals surface area (Å²) in [5.41, 5.74) is 0.673. The molecule has 2 aromatic rings. The van der Waals surface area contributed by atoms with Crippen LogP contribution in [0.25, 0.3) is 6.08 Å². The van der Waals surface area contributed by atoms with Crippen molar-refractivity contribution in [3.8, 4) is 0 Å². The second-order valence-electron chi connectivity index (χ2n) is 3.15. The third-order valence-electron chi connectivity index (χ3n) is 1.98. The van der Waals surface area contributed by atoms with Gasteiger partial charge in [0.1, 0.15) is 0 Å². The van der Waals surface area contributed by atoms with Gasteiger partial charge in [0.15, 0.2) is 5.78 Å². The lowest BCUT2D eigenvalue weighted by molar-refractivity contribution is -0.380. The van der Waals surface area contributed by atoms with Gasteiger partial charge in [0, 0.05) is 11.4 Å². The molecule has 2 aromatic heterocycles. The van der Waals surface area contributed by atoms with Crippen LogP contribution < -0.4 is 0 Å². The average molecular weight is 265 g/mol. The number of carbonyl (C=O) groups excluding carboxylic acids is 1. The summed E-state index contributed by atoms with van der Waals surface area (Å²) in [6, 6.07) is 5.00. The number of nitro groups is 1. The highest BCUT2D eigenvalue weighted by Crippen LogP contribution is 2.23. The highest BCUT2D eigenvalue weighted by atomic mass is 32.1. The standard InChI is InChI=1S/C11H7NO3S2/c13-9(10-2-1-5-16-10)4-3-8-6-11(12(14)15)17-7-8/h1-7H/b4-3+. The van der Waals surface area contributed by atoms with Crippen LogP contribution in [0.4, 0.5) is 5.00 Å². The molecular formula is C11H7NO3S2.